The number of sulfone groups is 1. The van der Waals surface area contributed by atoms with E-state index in [0.717, 1.165) is 19.5 Å². The fourth-order valence-corrected chi connectivity index (χ4v) is 4.65. The molecule has 1 N–H and O–H groups in total. The molecule has 2 rings (SSSR count). The van der Waals surface area contributed by atoms with Crippen LogP contribution < -0.4 is 5.32 Å². The Morgan fingerprint density at radius 2 is 2.12 bits per heavy atom. The molecule has 0 radical (unpaired) electrons. The first-order valence-electron chi connectivity index (χ1n) is 8.54. The Labute approximate surface area is 149 Å². The minimum Gasteiger partial charge on any atom is -0.370 e. The van der Waals surface area contributed by atoms with Crippen LogP contribution in [0.2, 0.25) is 0 Å². The van der Waals surface area contributed by atoms with E-state index >= 15 is 0 Å². The SMILES string of the molecule is CCN(C(=O)c1cc(NCCCN(C)C)ncn1)C1CCS(=O)(=O)C1. The Bertz CT molecular complexity index is 693. The monoisotopic (exact) mass is 369 g/mol. The molecule has 1 aliphatic rings. The summed E-state index contributed by atoms with van der Waals surface area (Å²) in [6.07, 6.45) is 2.81. The lowest BCUT2D eigenvalue weighted by molar-refractivity contribution is 0.0702. The summed E-state index contributed by atoms with van der Waals surface area (Å²) in [6.45, 7) is 4.02. The molecule has 1 saturated heterocycles. The summed E-state index contributed by atoms with van der Waals surface area (Å²) in [5, 5.41) is 3.19. The summed E-state index contributed by atoms with van der Waals surface area (Å²) in [4.78, 5) is 24.7. The number of aromatic nitrogens is 2. The van der Waals surface area contributed by atoms with Gasteiger partial charge in [0.2, 0.25) is 0 Å². The number of nitrogens with one attached hydrogen (secondary N) is 1. The maximum absolute atomic E-state index is 12.8. The number of anilines is 1. The van der Waals surface area contributed by atoms with Crippen molar-refractivity contribution >= 4 is 21.6 Å². The topological polar surface area (TPSA) is 95.5 Å². The molecule has 8 nitrogen and oxygen atoms in total. The predicted molar refractivity (Wildman–Crippen MR) is 97.5 cm³/mol. The number of carbonyl (C=O) groups excluding carboxylic acids is 1. The summed E-state index contributed by atoms with van der Waals surface area (Å²) in [7, 11) is 0.996. The number of carbonyl (C=O) groups is 1. The maximum atomic E-state index is 12.8. The quantitative estimate of drug-likeness (QED) is 0.666. The van der Waals surface area contributed by atoms with Gasteiger partial charge in [-0.2, -0.15) is 0 Å². The number of rotatable bonds is 8. The van der Waals surface area contributed by atoms with Crippen molar-refractivity contribution in [2.45, 2.75) is 25.8 Å². The molecule has 1 aromatic heterocycles. The smallest absolute Gasteiger partial charge is 0.272 e. The average Bonchev–Trinajstić information content (AvgIpc) is 2.92. The number of hydrogen-bond donors (Lipinski definition) is 1. The maximum Gasteiger partial charge on any atom is 0.272 e. The summed E-state index contributed by atoms with van der Waals surface area (Å²) in [5.74, 6) is 0.535. The van der Waals surface area contributed by atoms with Crippen LogP contribution in [0.25, 0.3) is 0 Å². The minimum atomic E-state index is -3.04. The molecule has 0 aromatic carbocycles. The Kier molecular flexibility index (Phi) is 6.71. The molecule has 0 saturated carbocycles. The Morgan fingerprint density at radius 1 is 1.36 bits per heavy atom. The molecule has 1 aliphatic heterocycles. The van der Waals surface area contributed by atoms with Gasteiger partial charge in [-0.1, -0.05) is 0 Å². The van der Waals surface area contributed by atoms with Gasteiger partial charge in [0.15, 0.2) is 9.84 Å². The van der Waals surface area contributed by atoms with Gasteiger partial charge in [0.05, 0.1) is 11.5 Å². The number of amides is 1. The Hall–Kier alpha value is -1.74. The van der Waals surface area contributed by atoms with Crippen LogP contribution in [0.15, 0.2) is 12.4 Å². The normalized spacial score (nSPS) is 19.1. The molecule has 25 heavy (non-hydrogen) atoms. The van der Waals surface area contributed by atoms with Crippen LogP contribution in [0, 0.1) is 0 Å². The summed E-state index contributed by atoms with van der Waals surface area (Å²) in [6, 6.07) is 1.36. The van der Waals surface area contributed by atoms with Gasteiger partial charge in [0, 0.05) is 25.2 Å². The minimum absolute atomic E-state index is 0.0350. The van der Waals surface area contributed by atoms with Gasteiger partial charge >= 0.3 is 0 Å². The van der Waals surface area contributed by atoms with Gasteiger partial charge < -0.3 is 15.1 Å². The highest BCUT2D eigenvalue weighted by Crippen LogP contribution is 2.19. The van der Waals surface area contributed by atoms with E-state index in [1.54, 1.807) is 11.0 Å². The highest BCUT2D eigenvalue weighted by Gasteiger charge is 2.34. The molecular formula is C16H27N5O3S. The van der Waals surface area contributed by atoms with E-state index in [1.807, 2.05) is 21.0 Å². The van der Waals surface area contributed by atoms with Crippen LogP contribution in [-0.2, 0) is 9.84 Å². The summed E-state index contributed by atoms with van der Waals surface area (Å²) < 4.78 is 23.4. The molecule has 1 unspecified atom stereocenters. The van der Waals surface area contributed by atoms with E-state index in [9.17, 15) is 13.2 Å². The zero-order valence-corrected chi connectivity index (χ0v) is 15.9. The van der Waals surface area contributed by atoms with E-state index in [4.69, 9.17) is 0 Å². The highest BCUT2D eigenvalue weighted by molar-refractivity contribution is 7.91. The van der Waals surface area contributed by atoms with E-state index in [0.29, 0.717) is 18.8 Å². The van der Waals surface area contributed by atoms with E-state index in [1.165, 1.54) is 6.33 Å². The van der Waals surface area contributed by atoms with Crippen molar-refractivity contribution in [3.63, 3.8) is 0 Å². The fourth-order valence-electron chi connectivity index (χ4n) is 2.92. The second-order valence-electron chi connectivity index (χ2n) is 6.52. The molecule has 2 heterocycles. The van der Waals surface area contributed by atoms with Crippen molar-refractivity contribution in [1.29, 1.82) is 0 Å². The van der Waals surface area contributed by atoms with Gasteiger partial charge in [-0.05, 0) is 40.4 Å². The molecule has 0 spiro atoms. The second kappa shape index (κ2) is 8.57. The lowest BCUT2D eigenvalue weighted by atomic mass is 10.2. The zero-order chi connectivity index (χ0) is 18.4. The standard InChI is InChI=1S/C16H27N5O3S/c1-4-21(13-6-9-25(23,24)11-13)16(22)14-10-15(19-12-18-14)17-7-5-8-20(2)3/h10,12-13H,4-9,11H2,1-3H3,(H,17,18,19). The first kappa shape index (κ1) is 19.6. The van der Waals surface area contributed by atoms with Gasteiger partial charge in [0.1, 0.15) is 17.8 Å². The predicted octanol–water partition coefficient (Wildman–Crippen LogP) is 0.489. The third kappa shape index (κ3) is 5.64. The van der Waals surface area contributed by atoms with Crippen LogP contribution in [0.4, 0.5) is 5.82 Å². The van der Waals surface area contributed by atoms with Gasteiger partial charge in [-0.25, -0.2) is 18.4 Å². The van der Waals surface area contributed by atoms with Crippen LogP contribution in [0.5, 0.6) is 0 Å². The zero-order valence-electron chi connectivity index (χ0n) is 15.1. The van der Waals surface area contributed by atoms with Gasteiger partial charge in [-0.3, -0.25) is 4.79 Å². The Balaban J connectivity index is 2.01. The lowest BCUT2D eigenvalue weighted by Crippen LogP contribution is -2.41. The average molecular weight is 369 g/mol. The van der Waals surface area contributed by atoms with Gasteiger partial charge in [-0.15, -0.1) is 0 Å². The molecule has 9 heteroatoms. The van der Waals surface area contributed by atoms with Crippen LogP contribution in [0.1, 0.15) is 30.3 Å². The molecule has 1 amide bonds. The van der Waals surface area contributed by atoms with E-state index < -0.39 is 9.84 Å². The molecular weight excluding hydrogens is 342 g/mol. The molecule has 1 atom stereocenters. The number of hydrogen-bond acceptors (Lipinski definition) is 7. The van der Waals surface area contributed by atoms with Gasteiger partial charge in [0.25, 0.3) is 5.91 Å². The number of nitrogens with zero attached hydrogens (tertiary/aromatic N) is 4. The Morgan fingerprint density at radius 3 is 2.72 bits per heavy atom. The summed E-state index contributed by atoms with van der Waals surface area (Å²) >= 11 is 0. The molecule has 0 bridgehead atoms. The molecule has 1 aromatic rings. The van der Waals surface area contributed by atoms with E-state index in [2.05, 4.69) is 20.2 Å². The van der Waals surface area contributed by atoms with E-state index in [-0.39, 0.29) is 29.1 Å². The van der Waals surface area contributed by atoms with Crippen molar-refractivity contribution < 1.29 is 13.2 Å². The largest absolute Gasteiger partial charge is 0.370 e. The van der Waals surface area contributed by atoms with Crippen LogP contribution in [0.3, 0.4) is 0 Å². The highest BCUT2D eigenvalue weighted by atomic mass is 32.2. The van der Waals surface area contributed by atoms with Crippen molar-refractivity contribution in [2.24, 2.45) is 0 Å². The van der Waals surface area contributed by atoms with Crippen molar-refractivity contribution in [3.8, 4) is 0 Å². The molecule has 0 aliphatic carbocycles. The van der Waals surface area contributed by atoms with Crippen LogP contribution in [-0.4, -0.2) is 85.4 Å². The lowest BCUT2D eigenvalue weighted by Gasteiger charge is -2.26. The third-order valence-electron chi connectivity index (χ3n) is 4.23. The van der Waals surface area contributed by atoms with Crippen molar-refractivity contribution in [2.75, 3.05) is 50.6 Å². The third-order valence-corrected chi connectivity index (χ3v) is 5.98. The fraction of sp³-hybridized carbons (Fsp3) is 0.688. The second-order valence-corrected chi connectivity index (χ2v) is 8.75. The first-order valence-corrected chi connectivity index (χ1v) is 10.4. The summed E-state index contributed by atoms with van der Waals surface area (Å²) in [5.41, 5.74) is 0.288. The van der Waals surface area contributed by atoms with Crippen molar-refractivity contribution in [3.05, 3.63) is 18.1 Å². The molecule has 1 fully saturated rings. The first-order chi connectivity index (χ1) is 11.8. The molecule has 140 valence electrons. The van der Waals surface area contributed by atoms with Crippen LogP contribution >= 0.6 is 0 Å². The van der Waals surface area contributed by atoms with Crippen molar-refractivity contribution in [1.82, 2.24) is 19.8 Å².